The molecule has 20 heavy (non-hydrogen) atoms. The molecule has 0 spiro atoms. The average molecular weight is 290 g/mol. The fourth-order valence-electron chi connectivity index (χ4n) is 1.62. The van der Waals surface area contributed by atoms with Crippen molar-refractivity contribution in [3.8, 4) is 11.5 Å². The number of hydrogen-bond acceptors (Lipinski definition) is 5. The van der Waals surface area contributed by atoms with Gasteiger partial charge in [0.2, 0.25) is 0 Å². The minimum atomic E-state index is 0.598. The second-order valence-corrected chi connectivity index (χ2v) is 5.12. The first-order valence-electron chi connectivity index (χ1n) is 6.48. The number of para-hydroxylation sites is 2. The SMILES string of the molecule is CCOc1ccccc1OCCSc1ccc(N)cn1. The zero-order valence-electron chi connectivity index (χ0n) is 11.4. The maximum atomic E-state index is 5.74. The van der Waals surface area contributed by atoms with Gasteiger partial charge in [-0.15, -0.1) is 11.8 Å². The van der Waals surface area contributed by atoms with Crippen LogP contribution in [0.15, 0.2) is 47.6 Å². The Morgan fingerprint density at radius 3 is 2.50 bits per heavy atom. The van der Waals surface area contributed by atoms with Crippen molar-refractivity contribution in [2.24, 2.45) is 0 Å². The van der Waals surface area contributed by atoms with E-state index in [-0.39, 0.29) is 0 Å². The minimum Gasteiger partial charge on any atom is -0.490 e. The Balaban J connectivity index is 1.79. The van der Waals surface area contributed by atoms with Crippen molar-refractivity contribution in [3.63, 3.8) is 0 Å². The highest BCUT2D eigenvalue weighted by molar-refractivity contribution is 7.99. The largest absolute Gasteiger partial charge is 0.490 e. The van der Waals surface area contributed by atoms with Crippen molar-refractivity contribution in [3.05, 3.63) is 42.6 Å². The first-order chi connectivity index (χ1) is 9.79. The molecule has 0 saturated carbocycles. The number of hydrogen-bond donors (Lipinski definition) is 1. The third-order valence-corrected chi connectivity index (χ3v) is 3.41. The summed E-state index contributed by atoms with van der Waals surface area (Å²) in [5.41, 5.74) is 6.27. The molecule has 5 heteroatoms. The minimum absolute atomic E-state index is 0.598. The Labute approximate surface area is 123 Å². The summed E-state index contributed by atoms with van der Waals surface area (Å²) in [7, 11) is 0. The van der Waals surface area contributed by atoms with E-state index >= 15 is 0 Å². The number of nitrogens with two attached hydrogens (primary N) is 1. The monoisotopic (exact) mass is 290 g/mol. The van der Waals surface area contributed by atoms with Gasteiger partial charge in [0, 0.05) is 5.75 Å². The van der Waals surface area contributed by atoms with Gasteiger partial charge >= 0.3 is 0 Å². The molecule has 0 radical (unpaired) electrons. The lowest BCUT2D eigenvalue weighted by Gasteiger charge is -2.11. The standard InChI is InChI=1S/C15H18N2O2S/c1-2-18-13-5-3-4-6-14(13)19-9-10-20-15-8-7-12(16)11-17-15/h3-8,11H,2,9-10,16H2,1H3. The zero-order valence-corrected chi connectivity index (χ0v) is 12.2. The molecule has 2 N–H and O–H groups in total. The van der Waals surface area contributed by atoms with Gasteiger partial charge in [-0.25, -0.2) is 4.98 Å². The molecule has 1 aromatic carbocycles. The molecule has 0 amide bonds. The van der Waals surface area contributed by atoms with E-state index in [1.165, 1.54) is 0 Å². The van der Waals surface area contributed by atoms with E-state index in [0.29, 0.717) is 18.9 Å². The van der Waals surface area contributed by atoms with Crippen LogP contribution in [-0.4, -0.2) is 24.0 Å². The smallest absolute Gasteiger partial charge is 0.161 e. The molecule has 1 heterocycles. The highest BCUT2D eigenvalue weighted by Crippen LogP contribution is 2.26. The van der Waals surface area contributed by atoms with Gasteiger partial charge in [0.15, 0.2) is 11.5 Å². The normalized spacial score (nSPS) is 10.2. The van der Waals surface area contributed by atoms with Crippen molar-refractivity contribution >= 4 is 17.4 Å². The van der Waals surface area contributed by atoms with Crippen LogP contribution in [0.4, 0.5) is 5.69 Å². The first-order valence-corrected chi connectivity index (χ1v) is 7.47. The highest BCUT2D eigenvalue weighted by Gasteiger charge is 2.03. The Hall–Kier alpha value is -1.88. The molecule has 0 unspecified atom stereocenters. The van der Waals surface area contributed by atoms with Crippen molar-refractivity contribution in [1.82, 2.24) is 4.98 Å². The Bertz CT molecular complexity index is 532. The fraction of sp³-hybridized carbons (Fsp3) is 0.267. The van der Waals surface area contributed by atoms with Gasteiger partial charge in [-0.05, 0) is 31.2 Å². The molecule has 4 nitrogen and oxygen atoms in total. The molecule has 106 valence electrons. The van der Waals surface area contributed by atoms with Gasteiger partial charge in [-0.2, -0.15) is 0 Å². The number of aromatic nitrogens is 1. The van der Waals surface area contributed by atoms with E-state index in [1.54, 1.807) is 18.0 Å². The molecule has 0 bridgehead atoms. The van der Waals surface area contributed by atoms with Crippen LogP contribution < -0.4 is 15.2 Å². The Kier molecular flexibility index (Phi) is 5.55. The zero-order chi connectivity index (χ0) is 14.2. The lowest BCUT2D eigenvalue weighted by atomic mass is 10.3. The predicted octanol–water partition coefficient (Wildman–Crippen LogP) is 3.23. The number of pyridine rings is 1. The van der Waals surface area contributed by atoms with Gasteiger partial charge in [0.1, 0.15) is 0 Å². The number of nitrogens with zero attached hydrogens (tertiary/aromatic N) is 1. The summed E-state index contributed by atoms with van der Waals surface area (Å²) < 4.78 is 11.2. The van der Waals surface area contributed by atoms with Crippen LogP contribution in [0.25, 0.3) is 0 Å². The number of ether oxygens (including phenoxy) is 2. The van der Waals surface area contributed by atoms with E-state index in [4.69, 9.17) is 15.2 Å². The van der Waals surface area contributed by atoms with Crippen LogP contribution in [0.5, 0.6) is 11.5 Å². The number of rotatable bonds is 7. The van der Waals surface area contributed by atoms with Crippen LogP contribution in [0.2, 0.25) is 0 Å². The molecule has 0 aliphatic heterocycles. The third-order valence-electron chi connectivity index (χ3n) is 2.50. The summed E-state index contributed by atoms with van der Waals surface area (Å²) in [5, 5.41) is 0.945. The van der Waals surface area contributed by atoms with Gasteiger partial charge in [0.25, 0.3) is 0 Å². The van der Waals surface area contributed by atoms with Gasteiger partial charge in [-0.3, -0.25) is 0 Å². The summed E-state index contributed by atoms with van der Waals surface area (Å²) in [5.74, 6) is 2.38. The number of benzene rings is 1. The highest BCUT2D eigenvalue weighted by atomic mass is 32.2. The predicted molar refractivity (Wildman–Crippen MR) is 82.5 cm³/mol. The van der Waals surface area contributed by atoms with E-state index in [9.17, 15) is 0 Å². The number of thioether (sulfide) groups is 1. The maximum Gasteiger partial charge on any atom is 0.161 e. The molecule has 2 aromatic rings. The molecule has 1 aromatic heterocycles. The summed E-state index contributed by atoms with van der Waals surface area (Å²) in [6.45, 7) is 3.19. The van der Waals surface area contributed by atoms with Crippen molar-refractivity contribution in [2.75, 3.05) is 24.7 Å². The third kappa shape index (κ3) is 4.35. The van der Waals surface area contributed by atoms with E-state index < -0.39 is 0 Å². The Morgan fingerprint density at radius 2 is 1.85 bits per heavy atom. The van der Waals surface area contributed by atoms with Crippen LogP contribution in [0.1, 0.15) is 6.92 Å². The molecular formula is C15H18N2O2S. The van der Waals surface area contributed by atoms with E-state index in [0.717, 1.165) is 22.3 Å². The topological polar surface area (TPSA) is 57.4 Å². The van der Waals surface area contributed by atoms with E-state index in [1.807, 2.05) is 43.3 Å². The maximum absolute atomic E-state index is 5.74. The fourth-order valence-corrected chi connectivity index (χ4v) is 2.29. The molecule has 0 atom stereocenters. The second-order valence-electron chi connectivity index (χ2n) is 4.01. The molecule has 0 fully saturated rings. The molecular weight excluding hydrogens is 272 g/mol. The second kappa shape index (κ2) is 7.65. The van der Waals surface area contributed by atoms with Crippen LogP contribution >= 0.6 is 11.8 Å². The van der Waals surface area contributed by atoms with Crippen molar-refractivity contribution in [2.45, 2.75) is 11.9 Å². The van der Waals surface area contributed by atoms with Gasteiger partial charge in [-0.1, -0.05) is 12.1 Å². The van der Waals surface area contributed by atoms with Gasteiger partial charge < -0.3 is 15.2 Å². The molecule has 0 aliphatic carbocycles. The number of anilines is 1. The van der Waals surface area contributed by atoms with Crippen LogP contribution in [0, 0.1) is 0 Å². The van der Waals surface area contributed by atoms with Crippen LogP contribution in [0.3, 0.4) is 0 Å². The summed E-state index contributed by atoms with van der Waals surface area (Å²) in [6.07, 6.45) is 1.66. The van der Waals surface area contributed by atoms with Gasteiger partial charge in [0.05, 0.1) is 30.1 Å². The average Bonchev–Trinajstić information content (AvgIpc) is 2.47. The first kappa shape index (κ1) is 14.5. The molecule has 0 aliphatic rings. The molecule has 2 rings (SSSR count). The lowest BCUT2D eigenvalue weighted by molar-refractivity contribution is 0.289. The lowest BCUT2D eigenvalue weighted by Crippen LogP contribution is -2.03. The Morgan fingerprint density at radius 1 is 1.10 bits per heavy atom. The van der Waals surface area contributed by atoms with Crippen molar-refractivity contribution in [1.29, 1.82) is 0 Å². The van der Waals surface area contributed by atoms with E-state index in [2.05, 4.69) is 4.98 Å². The summed E-state index contributed by atoms with van der Waals surface area (Å²) in [6, 6.07) is 11.5. The van der Waals surface area contributed by atoms with Crippen LogP contribution in [-0.2, 0) is 0 Å². The molecule has 0 saturated heterocycles. The number of nitrogen functional groups attached to an aromatic ring is 1. The summed E-state index contributed by atoms with van der Waals surface area (Å²) >= 11 is 1.64. The van der Waals surface area contributed by atoms with Crippen molar-refractivity contribution < 1.29 is 9.47 Å². The quantitative estimate of drug-likeness (QED) is 0.626. The summed E-state index contributed by atoms with van der Waals surface area (Å²) in [4.78, 5) is 4.23.